The van der Waals surface area contributed by atoms with Crippen LogP contribution in [0.5, 0.6) is 0 Å². The van der Waals surface area contributed by atoms with Crippen molar-refractivity contribution < 1.29 is 12.6 Å². The van der Waals surface area contributed by atoms with E-state index in [-0.39, 0.29) is 16.5 Å². The molecule has 0 spiro atoms. The molecular weight excluding hydrogens is 348 g/mol. The summed E-state index contributed by atoms with van der Waals surface area (Å²) >= 11 is 0. The molecule has 2 heterocycles. The number of rotatable bonds is 5. The first-order chi connectivity index (χ1) is 12.3. The van der Waals surface area contributed by atoms with Gasteiger partial charge in [-0.15, -0.1) is 0 Å². The molecule has 26 heavy (non-hydrogen) atoms. The molecule has 0 unspecified atom stereocenters. The molecule has 0 saturated carbocycles. The molecule has 1 aliphatic heterocycles. The third-order valence-electron chi connectivity index (χ3n) is 5.19. The second kappa shape index (κ2) is 7.47. The monoisotopic (exact) mass is 374 g/mol. The fourth-order valence-corrected chi connectivity index (χ4v) is 4.52. The van der Waals surface area contributed by atoms with Crippen LogP contribution in [0.1, 0.15) is 37.8 Å². The largest absolute Gasteiger partial charge is 0.297 e. The van der Waals surface area contributed by atoms with E-state index < -0.39 is 10.1 Å². The molecule has 140 valence electrons. The quantitative estimate of drug-likeness (QED) is 0.750. The Hall–Kier alpha value is -1.76. The van der Waals surface area contributed by atoms with Crippen molar-refractivity contribution in [2.24, 2.45) is 0 Å². The maximum Gasteiger partial charge on any atom is 0.297 e. The molecule has 1 aliphatic rings. The SMILES string of the molecule is Cc1ccc(S(=O)(=O)OC2CCN(C(C)(C)c3ccncc3)CC2)cc1. The van der Waals surface area contributed by atoms with Crippen LogP contribution < -0.4 is 0 Å². The predicted molar refractivity (Wildman–Crippen MR) is 101 cm³/mol. The summed E-state index contributed by atoms with van der Waals surface area (Å²) in [7, 11) is -3.71. The summed E-state index contributed by atoms with van der Waals surface area (Å²) in [5, 5.41) is 0. The second-order valence-corrected chi connectivity index (χ2v) is 8.92. The lowest BCUT2D eigenvalue weighted by Crippen LogP contribution is -2.47. The Morgan fingerprint density at radius 2 is 1.62 bits per heavy atom. The van der Waals surface area contributed by atoms with E-state index in [4.69, 9.17) is 4.18 Å². The normalized spacial score (nSPS) is 17.3. The summed E-state index contributed by atoms with van der Waals surface area (Å²) < 4.78 is 30.4. The number of likely N-dealkylation sites (tertiary alicyclic amines) is 1. The van der Waals surface area contributed by atoms with Gasteiger partial charge in [0.1, 0.15) is 0 Å². The maximum absolute atomic E-state index is 12.5. The average molecular weight is 375 g/mol. The smallest absolute Gasteiger partial charge is 0.294 e. The molecular formula is C20H26N2O3S. The highest BCUT2D eigenvalue weighted by Gasteiger charge is 2.34. The molecule has 0 radical (unpaired) electrons. The van der Waals surface area contributed by atoms with E-state index in [9.17, 15) is 8.42 Å². The van der Waals surface area contributed by atoms with Crippen LogP contribution in [0.2, 0.25) is 0 Å². The van der Waals surface area contributed by atoms with Crippen molar-refractivity contribution in [3.63, 3.8) is 0 Å². The van der Waals surface area contributed by atoms with E-state index in [1.54, 1.807) is 36.7 Å². The van der Waals surface area contributed by atoms with Gasteiger partial charge in [0.2, 0.25) is 0 Å². The minimum atomic E-state index is -3.71. The van der Waals surface area contributed by atoms with Gasteiger partial charge in [-0.05, 0) is 63.4 Å². The molecule has 2 aromatic rings. The van der Waals surface area contributed by atoms with Crippen molar-refractivity contribution in [1.82, 2.24) is 9.88 Å². The number of benzene rings is 1. The standard InChI is InChI=1S/C20H26N2O3S/c1-16-4-6-19(7-5-16)26(23,24)25-18-10-14-22(15-11-18)20(2,3)17-8-12-21-13-9-17/h4-9,12-13,18H,10-11,14-15H2,1-3H3. The van der Waals surface area contributed by atoms with Crippen molar-refractivity contribution in [3.8, 4) is 0 Å². The summed E-state index contributed by atoms with van der Waals surface area (Å²) in [6, 6.07) is 10.8. The van der Waals surface area contributed by atoms with E-state index in [0.29, 0.717) is 12.8 Å². The van der Waals surface area contributed by atoms with Gasteiger partial charge in [-0.25, -0.2) is 0 Å². The number of pyridine rings is 1. The van der Waals surface area contributed by atoms with Crippen LogP contribution in [-0.4, -0.2) is 37.5 Å². The van der Waals surface area contributed by atoms with Crippen LogP contribution >= 0.6 is 0 Å². The topological polar surface area (TPSA) is 59.5 Å². The molecule has 1 saturated heterocycles. The van der Waals surface area contributed by atoms with Crippen LogP contribution in [0, 0.1) is 6.92 Å². The van der Waals surface area contributed by atoms with Crippen LogP contribution in [0.15, 0.2) is 53.7 Å². The molecule has 0 bridgehead atoms. The van der Waals surface area contributed by atoms with Crippen molar-refractivity contribution in [3.05, 3.63) is 59.9 Å². The highest BCUT2D eigenvalue weighted by Crippen LogP contribution is 2.31. The van der Waals surface area contributed by atoms with Gasteiger partial charge in [0, 0.05) is 31.0 Å². The Labute approximate surface area is 156 Å². The molecule has 1 fully saturated rings. The van der Waals surface area contributed by atoms with Crippen LogP contribution in [0.3, 0.4) is 0 Å². The molecule has 0 amide bonds. The Morgan fingerprint density at radius 3 is 2.19 bits per heavy atom. The molecule has 3 rings (SSSR count). The number of hydrogen-bond donors (Lipinski definition) is 0. The van der Waals surface area contributed by atoms with Gasteiger partial charge in [0.15, 0.2) is 0 Å². The van der Waals surface area contributed by atoms with E-state index in [1.807, 2.05) is 19.1 Å². The minimum absolute atomic E-state index is 0.121. The molecule has 1 aromatic carbocycles. The highest BCUT2D eigenvalue weighted by molar-refractivity contribution is 7.86. The average Bonchev–Trinajstić information content (AvgIpc) is 2.63. The third kappa shape index (κ3) is 4.14. The number of nitrogens with zero attached hydrogens (tertiary/aromatic N) is 2. The van der Waals surface area contributed by atoms with Crippen LogP contribution in [-0.2, 0) is 19.8 Å². The lowest BCUT2D eigenvalue weighted by molar-refractivity contribution is 0.0417. The fourth-order valence-electron chi connectivity index (χ4n) is 3.39. The van der Waals surface area contributed by atoms with Crippen molar-refractivity contribution >= 4 is 10.1 Å². The van der Waals surface area contributed by atoms with Crippen molar-refractivity contribution in [2.45, 2.75) is 50.2 Å². The van der Waals surface area contributed by atoms with Gasteiger partial charge in [0.05, 0.1) is 11.0 Å². The molecule has 0 N–H and O–H groups in total. The summed E-state index contributed by atoms with van der Waals surface area (Å²) in [5.41, 5.74) is 2.11. The molecule has 6 heteroatoms. The number of hydrogen-bond acceptors (Lipinski definition) is 5. The van der Waals surface area contributed by atoms with E-state index >= 15 is 0 Å². The van der Waals surface area contributed by atoms with E-state index in [2.05, 4.69) is 23.7 Å². The third-order valence-corrected chi connectivity index (χ3v) is 6.57. The summed E-state index contributed by atoms with van der Waals surface area (Å²) in [6.07, 6.45) is 4.73. The van der Waals surface area contributed by atoms with Gasteiger partial charge in [0.25, 0.3) is 10.1 Å². The number of aryl methyl sites for hydroxylation is 1. The Morgan fingerprint density at radius 1 is 1.04 bits per heavy atom. The van der Waals surface area contributed by atoms with E-state index in [0.717, 1.165) is 18.7 Å². The van der Waals surface area contributed by atoms with Gasteiger partial charge >= 0.3 is 0 Å². The zero-order valence-electron chi connectivity index (χ0n) is 15.6. The van der Waals surface area contributed by atoms with Crippen LogP contribution in [0.4, 0.5) is 0 Å². The van der Waals surface area contributed by atoms with Crippen molar-refractivity contribution in [2.75, 3.05) is 13.1 Å². The molecule has 5 nitrogen and oxygen atoms in total. The molecule has 0 atom stereocenters. The minimum Gasteiger partial charge on any atom is -0.294 e. The first-order valence-corrected chi connectivity index (χ1v) is 10.4. The predicted octanol–water partition coefficient (Wildman–Crippen LogP) is 3.50. The van der Waals surface area contributed by atoms with Gasteiger partial charge in [-0.1, -0.05) is 17.7 Å². The Kier molecular flexibility index (Phi) is 5.46. The first-order valence-electron chi connectivity index (χ1n) is 8.94. The van der Waals surface area contributed by atoms with Gasteiger partial charge in [-0.2, -0.15) is 8.42 Å². The zero-order valence-corrected chi connectivity index (χ0v) is 16.4. The van der Waals surface area contributed by atoms with Gasteiger partial charge in [-0.3, -0.25) is 14.1 Å². The Balaban J connectivity index is 1.63. The van der Waals surface area contributed by atoms with Crippen LogP contribution in [0.25, 0.3) is 0 Å². The summed E-state index contributed by atoms with van der Waals surface area (Å²) in [5.74, 6) is 0. The zero-order chi connectivity index (χ0) is 18.8. The Bertz CT molecular complexity index is 825. The lowest BCUT2D eigenvalue weighted by atomic mass is 9.90. The molecule has 0 aliphatic carbocycles. The number of piperidine rings is 1. The maximum atomic E-state index is 12.5. The highest BCUT2D eigenvalue weighted by atomic mass is 32.2. The second-order valence-electron chi connectivity index (χ2n) is 7.34. The fraction of sp³-hybridized carbons (Fsp3) is 0.450. The summed E-state index contributed by atoms with van der Waals surface area (Å²) in [6.45, 7) is 7.89. The van der Waals surface area contributed by atoms with Gasteiger partial charge < -0.3 is 0 Å². The molecule has 1 aromatic heterocycles. The lowest BCUT2D eigenvalue weighted by Gasteiger charge is -2.43. The first kappa shape index (κ1) is 19.0. The van der Waals surface area contributed by atoms with E-state index in [1.165, 1.54) is 5.56 Å². The summed E-state index contributed by atoms with van der Waals surface area (Å²) in [4.78, 5) is 6.69. The van der Waals surface area contributed by atoms with Crippen molar-refractivity contribution in [1.29, 1.82) is 0 Å². The number of aromatic nitrogens is 1.